The summed E-state index contributed by atoms with van der Waals surface area (Å²) in [5.41, 5.74) is 0.531. The molecule has 0 heterocycles. The van der Waals surface area contributed by atoms with Gasteiger partial charge in [-0.25, -0.2) is 0 Å². The van der Waals surface area contributed by atoms with E-state index in [0.717, 1.165) is 32.1 Å². The van der Waals surface area contributed by atoms with E-state index in [9.17, 15) is 20.1 Å². The molecule has 5 aliphatic rings. The molecular formula is C25H40O4. The number of aliphatic carboxylic acids is 1. The lowest BCUT2D eigenvalue weighted by atomic mass is 9.43. The fourth-order valence-corrected chi connectivity index (χ4v) is 9.48. The number of fused-ring (bicyclic) bond motifs is 5. The first-order valence-electron chi connectivity index (χ1n) is 12.3. The highest BCUT2D eigenvalue weighted by Crippen LogP contribution is 2.69. The molecule has 164 valence electrons. The highest BCUT2D eigenvalue weighted by molar-refractivity contribution is 5.73. The summed E-state index contributed by atoms with van der Waals surface area (Å²) in [5, 5.41) is 30.9. The molecular weight excluding hydrogens is 364 g/mol. The molecule has 5 fully saturated rings. The molecule has 0 bridgehead atoms. The highest BCUT2D eigenvalue weighted by atomic mass is 16.4. The third-order valence-electron chi connectivity index (χ3n) is 11.2. The molecule has 4 nitrogen and oxygen atoms in total. The van der Waals surface area contributed by atoms with Gasteiger partial charge in [-0.1, -0.05) is 20.8 Å². The topological polar surface area (TPSA) is 77.8 Å². The second kappa shape index (κ2) is 6.69. The molecule has 0 aromatic carbocycles. The van der Waals surface area contributed by atoms with Gasteiger partial charge in [-0.15, -0.1) is 0 Å². The maximum absolute atomic E-state index is 11.4. The quantitative estimate of drug-likeness (QED) is 0.654. The van der Waals surface area contributed by atoms with E-state index in [1.807, 2.05) is 0 Å². The Morgan fingerprint density at radius 2 is 1.62 bits per heavy atom. The lowest BCUT2D eigenvalue weighted by molar-refractivity contribution is -0.174. The van der Waals surface area contributed by atoms with Crippen molar-refractivity contribution in [3.8, 4) is 0 Å². The monoisotopic (exact) mass is 404 g/mol. The van der Waals surface area contributed by atoms with Crippen LogP contribution in [0.5, 0.6) is 0 Å². The first kappa shape index (κ1) is 20.3. The van der Waals surface area contributed by atoms with Gasteiger partial charge in [-0.2, -0.15) is 0 Å². The lowest BCUT2D eigenvalue weighted by Gasteiger charge is -2.62. The molecule has 1 unspecified atom stereocenters. The van der Waals surface area contributed by atoms with Gasteiger partial charge in [-0.05, 0) is 110 Å². The van der Waals surface area contributed by atoms with Crippen LogP contribution in [0, 0.1) is 58.2 Å². The van der Waals surface area contributed by atoms with E-state index in [-0.39, 0.29) is 29.0 Å². The van der Waals surface area contributed by atoms with Crippen molar-refractivity contribution in [3.05, 3.63) is 0 Å². The van der Waals surface area contributed by atoms with Crippen LogP contribution < -0.4 is 0 Å². The number of hydrogen-bond donors (Lipinski definition) is 3. The first-order chi connectivity index (χ1) is 13.7. The van der Waals surface area contributed by atoms with Crippen molar-refractivity contribution in [1.29, 1.82) is 0 Å². The number of carbonyl (C=O) groups is 1. The van der Waals surface area contributed by atoms with Crippen LogP contribution in [0.4, 0.5) is 0 Å². The zero-order valence-corrected chi connectivity index (χ0v) is 18.4. The van der Waals surface area contributed by atoms with Gasteiger partial charge in [0.05, 0.1) is 18.1 Å². The van der Waals surface area contributed by atoms with Crippen LogP contribution in [0.3, 0.4) is 0 Å². The summed E-state index contributed by atoms with van der Waals surface area (Å²) in [6.07, 6.45) is 9.08. The average Bonchev–Trinajstić information content (AvgIpc) is 3.39. The summed E-state index contributed by atoms with van der Waals surface area (Å²) in [6.45, 7) is 7.26. The molecule has 0 aliphatic heterocycles. The SMILES string of the molecule is C[C@H]([C@H]1C[C@H]1C(=O)O)[C@H]1CC[C@H]2[C@@H]3[C@@H](O)CC4C[C@H](O)CC[C@]4(C)[C@H]3CC[C@]12C. The van der Waals surface area contributed by atoms with Gasteiger partial charge >= 0.3 is 5.97 Å². The van der Waals surface area contributed by atoms with E-state index < -0.39 is 5.97 Å². The third kappa shape index (κ3) is 2.87. The smallest absolute Gasteiger partial charge is 0.306 e. The minimum Gasteiger partial charge on any atom is -0.481 e. The van der Waals surface area contributed by atoms with Crippen molar-refractivity contribution in [2.75, 3.05) is 0 Å². The Kier molecular flexibility index (Phi) is 4.68. The van der Waals surface area contributed by atoms with Gasteiger partial charge in [0.25, 0.3) is 0 Å². The average molecular weight is 405 g/mol. The molecule has 4 heteroatoms. The van der Waals surface area contributed by atoms with Crippen LogP contribution in [0.15, 0.2) is 0 Å². The minimum atomic E-state index is -0.605. The molecule has 0 radical (unpaired) electrons. The number of carboxylic acids is 1. The van der Waals surface area contributed by atoms with Gasteiger partial charge in [0, 0.05) is 0 Å². The van der Waals surface area contributed by atoms with E-state index in [2.05, 4.69) is 20.8 Å². The third-order valence-corrected chi connectivity index (χ3v) is 11.2. The molecule has 12 atom stereocenters. The van der Waals surface area contributed by atoms with Crippen LogP contribution in [0.25, 0.3) is 0 Å². The second-order valence-corrected chi connectivity index (χ2v) is 12.2. The number of aliphatic hydroxyl groups excluding tert-OH is 2. The van der Waals surface area contributed by atoms with Gasteiger partial charge in [-0.3, -0.25) is 4.79 Å². The number of rotatable bonds is 3. The van der Waals surface area contributed by atoms with Crippen molar-refractivity contribution in [2.24, 2.45) is 58.2 Å². The maximum atomic E-state index is 11.4. The Morgan fingerprint density at radius 3 is 2.31 bits per heavy atom. The number of carboxylic acid groups (broad SMARTS) is 1. The minimum absolute atomic E-state index is 0.113. The number of hydrogen-bond acceptors (Lipinski definition) is 3. The zero-order chi connectivity index (χ0) is 20.7. The summed E-state index contributed by atoms with van der Waals surface area (Å²) >= 11 is 0. The van der Waals surface area contributed by atoms with E-state index in [0.29, 0.717) is 41.4 Å². The molecule has 5 saturated carbocycles. The summed E-state index contributed by atoms with van der Waals surface area (Å²) in [4.78, 5) is 11.4. The highest BCUT2D eigenvalue weighted by Gasteiger charge is 2.64. The van der Waals surface area contributed by atoms with Gasteiger partial charge in [0.15, 0.2) is 0 Å². The van der Waals surface area contributed by atoms with Crippen LogP contribution in [-0.4, -0.2) is 33.5 Å². The largest absolute Gasteiger partial charge is 0.481 e. The predicted octanol–water partition coefficient (Wildman–Crippen LogP) is 4.33. The normalized spacial score (nSPS) is 57.3. The van der Waals surface area contributed by atoms with Crippen LogP contribution in [0.1, 0.15) is 78.6 Å². The molecule has 0 amide bonds. The van der Waals surface area contributed by atoms with Gasteiger partial charge < -0.3 is 15.3 Å². The summed E-state index contributed by atoms with van der Waals surface area (Å²) in [6, 6.07) is 0. The molecule has 0 aromatic heterocycles. The van der Waals surface area contributed by atoms with Crippen LogP contribution >= 0.6 is 0 Å². The van der Waals surface area contributed by atoms with Crippen molar-refractivity contribution < 1.29 is 20.1 Å². The molecule has 0 aromatic rings. The van der Waals surface area contributed by atoms with E-state index in [1.54, 1.807) is 0 Å². The molecule has 5 rings (SSSR count). The van der Waals surface area contributed by atoms with Crippen molar-refractivity contribution in [3.63, 3.8) is 0 Å². The molecule has 3 N–H and O–H groups in total. The van der Waals surface area contributed by atoms with Crippen LogP contribution in [-0.2, 0) is 4.79 Å². The van der Waals surface area contributed by atoms with Crippen LogP contribution in [0.2, 0.25) is 0 Å². The summed E-state index contributed by atoms with van der Waals surface area (Å²) in [5.74, 6) is 2.76. The molecule has 0 saturated heterocycles. The summed E-state index contributed by atoms with van der Waals surface area (Å²) in [7, 11) is 0. The predicted molar refractivity (Wildman–Crippen MR) is 111 cm³/mol. The zero-order valence-electron chi connectivity index (χ0n) is 18.4. The van der Waals surface area contributed by atoms with Crippen molar-refractivity contribution >= 4 is 5.97 Å². The first-order valence-corrected chi connectivity index (χ1v) is 12.3. The Bertz CT molecular complexity index is 678. The van der Waals surface area contributed by atoms with E-state index >= 15 is 0 Å². The lowest BCUT2D eigenvalue weighted by Crippen LogP contribution is -2.58. The standard InChI is InChI=1S/C25H40O4/c1-13(16-12-17(16)23(28)29)18-4-5-19-22-20(7-9-25(18,19)3)24(2)8-6-15(26)10-14(24)11-21(22)27/h13-22,26-27H,4-12H2,1-3H3,(H,28,29)/t13-,14?,15-,16-,17-,18-,19+,20+,21+,22+,24+,25-/m1/s1. The Balaban J connectivity index is 1.39. The second-order valence-electron chi connectivity index (χ2n) is 12.2. The van der Waals surface area contributed by atoms with Crippen molar-refractivity contribution in [2.45, 2.75) is 90.8 Å². The van der Waals surface area contributed by atoms with Gasteiger partial charge in [0.2, 0.25) is 0 Å². The summed E-state index contributed by atoms with van der Waals surface area (Å²) < 4.78 is 0. The molecule has 0 spiro atoms. The Hall–Kier alpha value is -0.610. The van der Waals surface area contributed by atoms with Gasteiger partial charge in [0.1, 0.15) is 0 Å². The van der Waals surface area contributed by atoms with E-state index in [4.69, 9.17) is 0 Å². The Labute approximate surface area is 175 Å². The number of aliphatic hydroxyl groups is 2. The maximum Gasteiger partial charge on any atom is 0.306 e. The Morgan fingerprint density at radius 1 is 0.931 bits per heavy atom. The fourth-order valence-electron chi connectivity index (χ4n) is 9.48. The van der Waals surface area contributed by atoms with E-state index in [1.165, 1.54) is 25.7 Å². The fraction of sp³-hybridized carbons (Fsp3) is 0.960. The molecule has 5 aliphatic carbocycles. The molecule has 29 heavy (non-hydrogen) atoms. The van der Waals surface area contributed by atoms with Crippen molar-refractivity contribution in [1.82, 2.24) is 0 Å².